The molecular formula is C26H34FN3O6S. The number of hydrogen-bond acceptors (Lipinski definition) is 6. The second kappa shape index (κ2) is 12.8. The first-order valence-electron chi connectivity index (χ1n) is 12.4. The van der Waals surface area contributed by atoms with Crippen molar-refractivity contribution in [2.24, 2.45) is 0 Å². The van der Waals surface area contributed by atoms with Gasteiger partial charge in [0.15, 0.2) is 11.5 Å². The molecule has 9 nitrogen and oxygen atoms in total. The third-order valence-corrected chi connectivity index (χ3v) is 7.74. The third kappa shape index (κ3) is 7.12. The predicted molar refractivity (Wildman–Crippen MR) is 139 cm³/mol. The number of benzene rings is 2. The van der Waals surface area contributed by atoms with E-state index in [2.05, 4.69) is 5.32 Å². The van der Waals surface area contributed by atoms with Gasteiger partial charge < -0.3 is 19.7 Å². The number of amides is 2. The standard InChI is InChI=1S/C26H34FN3O6S/c1-4-13-28-26(32)22(5-2)29(17-19-7-9-20(27)10-8-19)25(31)18-30(37(33,34)6-3)21-11-12-23-24(16-21)36-15-14-35-23/h7-12,16,22H,4-6,13-15,17-18H2,1-3H3,(H,28,32)/t22-/m0/s1. The van der Waals surface area contributed by atoms with E-state index < -0.39 is 34.3 Å². The van der Waals surface area contributed by atoms with Gasteiger partial charge in [0, 0.05) is 19.2 Å². The average molecular weight is 536 g/mol. The molecule has 1 N–H and O–H groups in total. The topological polar surface area (TPSA) is 105 Å². The van der Waals surface area contributed by atoms with Gasteiger partial charge in [-0.1, -0.05) is 26.0 Å². The molecule has 0 saturated heterocycles. The molecule has 0 bridgehead atoms. The number of ether oxygens (including phenoxy) is 2. The van der Waals surface area contributed by atoms with Crippen LogP contribution in [0.1, 0.15) is 39.2 Å². The fourth-order valence-electron chi connectivity index (χ4n) is 3.98. The van der Waals surface area contributed by atoms with Crippen LogP contribution in [0.5, 0.6) is 11.5 Å². The number of nitrogens with one attached hydrogen (secondary N) is 1. The highest BCUT2D eigenvalue weighted by atomic mass is 32.2. The lowest BCUT2D eigenvalue weighted by Gasteiger charge is -2.33. The van der Waals surface area contributed by atoms with E-state index in [0.717, 1.165) is 10.7 Å². The molecule has 1 aliphatic rings. The Morgan fingerprint density at radius 3 is 2.32 bits per heavy atom. The van der Waals surface area contributed by atoms with Gasteiger partial charge in [-0.15, -0.1) is 0 Å². The molecule has 0 fully saturated rings. The summed E-state index contributed by atoms with van der Waals surface area (Å²) < 4.78 is 51.8. The zero-order chi connectivity index (χ0) is 27.0. The fraction of sp³-hybridized carbons (Fsp3) is 0.462. The van der Waals surface area contributed by atoms with Crippen molar-refractivity contribution >= 4 is 27.5 Å². The van der Waals surface area contributed by atoms with Crippen LogP contribution in [0.2, 0.25) is 0 Å². The van der Waals surface area contributed by atoms with E-state index in [4.69, 9.17) is 9.47 Å². The van der Waals surface area contributed by atoms with Crippen LogP contribution in [0.15, 0.2) is 42.5 Å². The maximum absolute atomic E-state index is 13.7. The lowest BCUT2D eigenvalue weighted by Crippen LogP contribution is -2.52. The molecule has 0 aliphatic carbocycles. The summed E-state index contributed by atoms with van der Waals surface area (Å²) in [6, 6.07) is 9.49. The van der Waals surface area contributed by atoms with Crippen molar-refractivity contribution in [1.82, 2.24) is 10.2 Å². The summed E-state index contributed by atoms with van der Waals surface area (Å²) in [5.41, 5.74) is 0.866. The highest BCUT2D eigenvalue weighted by Gasteiger charge is 2.32. The first-order valence-corrected chi connectivity index (χ1v) is 14.0. The number of rotatable bonds is 12. The largest absolute Gasteiger partial charge is 0.486 e. The molecule has 2 aromatic carbocycles. The number of hydrogen-bond donors (Lipinski definition) is 1. The summed E-state index contributed by atoms with van der Waals surface area (Å²) in [5.74, 6) is -0.666. The van der Waals surface area contributed by atoms with Gasteiger partial charge in [-0.05, 0) is 49.6 Å². The maximum atomic E-state index is 13.7. The summed E-state index contributed by atoms with van der Waals surface area (Å²) in [4.78, 5) is 28.1. The second-order valence-corrected chi connectivity index (χ2v) is 10.8. The molecule has 2 amide bonds. The van der Waals surface area contributed by atoms with Crippen molar-refractivity contribution in [2.45, 2.75) is 46.2 Å². The van der Waals surface area contributed by atoms with Crippen LogP contribution in [0.25, 0.3) is 0 Å². The molecule has 0 aromatic heterocycles. The van der Waals surface area contributed by atoms with Crippen molar-refractivity contribution < 1.29 is 31.9 Å². The quantitative estimate of drug-likeness (QED) is 0.448. The monoisotopic (exact) mass is 535 g/mol. The number of sulfonamides is 1. The Labute approximate surface area is 217 Å². The predicted octanol–water partition coefficient (Wildman–Crippen LogP) is 3.09. The van der Waals surface area contributed by atoms with E-state index in [0.29, 0.717) is 43.2 Å². The highest BCUT2D eigenvalue weighted by Crippen LogP contribution is 2.35. The number of fused-ring (bicyclic) bond motifs is 1. The van der Waals surface area contributed by atoms with Gasteiger partial charge in [0.2, 0.25) is 21.8 Å². The minimum Gasteiger partial charge on any atom is -0.486 e. The second-order valence-electron chi connectivity index (χ2n) is 8.60. The van der Waals surface area contributed by atoms with Crippen molar-refractivity contribution in [1.29, 1.82) is 0 Å². The number of halogens is 1. The van der Waals surface area contributed by atoms with Crippen molar-refractivity contribution in [3.63, 3.8) is 0 Å². The first kappa shape index (κ1) is 28.2. The molecule has 0 radical (unpaired) electrons. The molecule has 1 atom stereocenters. The molecular weight excluding hydrogens is 501 g/mol. The smallest absolute Gasteiger partial charge is 0.244 e. The summed E-state index contributed by atoms with van der Waals surface area (Å²) in [6.07, 6.45) is 1.04. The molecule has 11 heteroatoms. The van der Waals surface area contributed by atoms with Gasteiger partial charge in [-0.2, -0.15) is 0 Å². The molecule has 1 heterocycles. The molecule has 0 saturated carbocycles. The molecule has 0 spiro atoms. The Balaban J connectivity index is 1.96. The Morgan fingerprint density at radius 2 is 1.70 bits per heavy atom. The van der Waals surface area contributed by atoms with E-state index in [1.807, 2.05) is 6.92 Å². The SMILES string of the molecule is CCCNC(=O)[C@H](CC)N(Cc1ccc(F)cc1)C(=O)CN(c1ccc2c(c1)OCCO2)S(=O)(=O)CC. The lowest BCUT2D eigenvalue weighted by atomic mass is 10.1. The summed E-state index contributed by atoms with van der Waals surface area (Å²) in [7, 11) is -3.87. The Morgan fingerprint density at radius 1 is 1.03 bits per heavy atom. The number of carbonyl (C=O) groups excluding carboxylic acids is 2. The number of nitrogens with zero attached hydrogens (tertiary/aromatic N) is 2. The van der Waals surface area contributed by atoms with Gasteiger partial charge >= 0.3 is 0 Å². The minimum atomic E-state index is -3.87. The summed E-state index contributed by atoms with van der Waals surface area (Å²) in [6.45, 7) is 5.85. The van der Waals surface area contributed by atoms with E-state index in [-0.39, 0.29) is 23.9 Å². The van der Waals surface area contributed by atoms with Crippen molar-refractivity contribution in [3.05, 3.63) is 53.8 Å². The Bertz CT molecular complexity index is 1190. The molecule has 3 rings (SSSR count). The number of carbonyl (C=O) groups is 2. The molecule has 37 heavy (non-hydrogen) atoms. The Hall–Kier alpha value is -3.34. The lowest BCUT2D eigenvalue weighted by molar-refractivity contribution is -0.140. The van der Waals surface area contributed by atoms with Gasteiger partial charge in [0.05, 0.1) is 11.4 Å². The van der Waals surface area contributed by atoms with Crippen LogP contribution in [-0.4, -0.2) is 63.2 Å². The Kier molecular flexibility index (Phi) is 9.73. The van der Waals surface area contributed by atoms with Crippen LogP contribution in [-0.2, 0) is 26.2 Å². The fourth-order valence-corrected chi connectivity index (χ4v) is 5.03. The average Bonchev–Trinajstić information content (AvgIpc) is 2.90. The third-order valence-electron chi connectivity index (χ3n) is 5.99. The van der Waals surface area contributed by atoms with Crippen molar-refractivity contribution in [2.75, 3.05) is 36.4 Å². The van der Waals surface area contributed by atoms with E-state index in [1.165, 1.54) is 42.2 Å². The van der Waals surface area contributed by atoms with E-state index in [1.54, 1.807) is 19.1 Å². The van der Waals surface area contributed by atoms with Crippen LogP contribution in [0.3, 0.4) is 0 Å². The van der Waals surface area contributed by atoms with E-state index >= 15 is 0 Å². The van der Waals surface area contributed by atoms with Gasteiger partial charge in [-0.3, -0.25) is 13.9 Å². The van der Waals surface area contributed by atoms with Crippen molar-refractivity contribution in [3.8, 4) is 11.5 Å². The number of anilines is 1. The highest BCUT2D eigenvalue weighted by molar-refractivity contribution is 7.92. The molecule has 2 aromatic rings. The zero-order valence-corrected chi connectivity index (χ0v) is 22.2. The zero-order valence-electron chi connectivity index (χ0n) is 21.4. The van der Waals surface area contributed by atoms with Crippen LogP contribution in [0.4, 0.5) is 10.1 Å². The molecule has 1 aliphatic heterocycles. The minimum absolute atomic E-state index is 0.0122. The van der Waals surface area contributed by atoms with Crippen LogP contribution < -0.4 is 19.1 Å². The molecule has 0 unspecified atom stereocenters. The summed E-state index contributed by atoms with van der Waals surface area (Å²) in [5, 5.41) is 2.82. The normalized spacial score (nSPS) is 13.5. The first-order chi connectivity index (χ1) is 17.7. The maximum Gasteiger partial charge on any atom is 0.244 e. The van der Waals surface area contributed by atoms with Gasteiger partial charge in [0.1, 0.15) is 31.6 Å². The van der Waals surface area contributed by atoms with Crippen LogP contribution >= 0.6 is 0 Å². The molecule has 202 valence electrons. The van der Waals surface area contributed by atoms with E-state index in [9.17, 15) is 22.4 Å². The van der Waals surface area contributed by atoms with Crippen LogP contribution in [0, 0.1) is 5.82 Å². The summed E-state index contributed by atoms with van der Waals surface area (Å²) >= 11 is 0. The van der Waals surface area contributed by atoms with Gasteiger partial charge in [-0.25, -0.2) is 12.8 Å². The van der Waals surface area contributed by atoms with Gasteiger partial charge in [0.25, 0.3) is 0 Å².